The molecule has 138 valence electrons. The predicted octanol–water partition coefficient (Wildman–Crippen LogP) is 2.71. The van der Waals surface area contributed by atoms with E-state index in [1.807, 2.05) is 29.8 Å². The zero-order valence-electron chi connectivity index (χ0n) is 14.5. The fourth-order valence-corrected chi connectivity index (χ4v) is 4.49. The standard InChI is InChI=1S/C17H16N6O2S2/c1-23-9-21-14(10-3-5-11(6-4-10)22-27(2,24)25)15(23)13-7-12-16(18)19-8-20-17(12)26-13/h3-9,22H,1-2H3,(H2,18,19,20). The van der Waals surface area contributed by atoms with E-state index in [4.69, 9.17) is 5.73 Å². The summed E-state index contributed by atoms with van der Waals surface area (Å²) in [6.45, 7) is 0. The summed E-state index contributed by atoms with van der Waals surface area (Å²) in [5, 5.41) is 0.817. The van der Waals surface area contributed by atoms with Gasteiger partial charge in [0.15, 0.2) is 0 Å². The van der Waals surface area contributed by atoms with Gasteiger partial charge in [-0.3, -0.25) is 4.72 Å². The zero-order chi connectivity index (χ0) is 19.2. The number of hydrogen-bond donors (Lipinski definition) is 2. The molecule has 8 nitrogen and oxygen atoms in total. The van der Waals surface area contributed by atoms with Crippen LogP contribution in [0.25, 0.3) is 32.0 Å². The van der Waals surface area contributed by atoms with Crippen LogP contribution >= 0.6 is 11.3 Å². The van der Waals surface area contributed by atoms with Gasteiger partial charge in [-0.25, -0.2) is 23.4 Å². The maximum Gasteiger partial charge on any atom is 0.229 e. The molecule has 3 aromatic heterocycles. The molecule has 0 aliphatic carbocycles. The van der Waals surface area contributed by atoms with Gasteiger partial charge in [0.05, 0.1) is 34.2 Å². The van der Waals surface area contributed by atoms with Gasteiger partial charge in [-0.2, -0.15) is 0 Å². The van der Waals surface area contributed by atoms with Crippen LogP contribution in [0.4, 0.5) is 11.5 Å². The fraction of sp³-hybridized carbons (Fsp3) is 0.118. The summed E-state index contributed by atoms with van der Waals surface area (Å²) in [6.07, 6.45) is 4.32. The van der Waals surface area contributed by atoms with E-state index in [9.17, 15) is 8.42 Å². The number of fused-ring (bicyclic) bond motifs is 1. The third-order valence-electron chi connectivity index (χ3n) is 3.99. The Bertz CT molecular complexity index is 1240. The van der Waals surface area contributed by atoms with Gasteiger partial charge in [-0.1, -0.05) is 12.1 Å². The van der Waals surface area contributed by atoms with Crippen LogP contribution in [0.15, 0.2) is 43.0 Å². The topological polar surface area (TPSA) is 116 Å². The molecule has 3 heterocycles. The normalized spacial score (nSPS) is 11.8. The highest BCUT2D eigenvalue weighted by atomic mass is 32.2. The van der Waals surface area contributed by atoms with Crippen LogP contribution < -0.4 is 10.5 Å². The molecule has 0 unspecified atom stereocenters. The first kappa shape index (κ1) is 17.4. The molecular formula is C17H16N6O2S2. The summed E-state index contributed by atoms with van der Waals surface area (Å²) >= 11 is 1.52. The molecule has 0 atom stereocenters. The van der Waals surface area contributed by atoms with E-state index in [0.717, 1.165) is 38.3 Å². The summed E-state index contributed by atoms with van der Waals surface area (Å²) < 4.78 is 27.1. The molecule has 4 aromatic rings. The Kier molecular flexibility index (Phi) is 4.08. The lowest BCUT2D eigenvalue weighted by molar-refractivity contribution is 0.607. The van der Waals surface area contributed by atoms with Crippen molar-refractivity contribution >= 4 is 43.1 Å². The van der Waals surface area contributed by atoms with Crippen LogP contribution in [0.2, 0.25) is 0 Å². The van der Waals surface area contributed by atoms with Crippen molar-refractivity contribution in [1.82, 2.24) is 19.5 Å². The second-order valence-electron chi connectivity index (χ2n) is 6.09. The molecule has 0 fully saturated rings. The second-order valence-corrected chi connectivity index (χ2v) is 8.87. The SMILES string of the molecule is Cn1cnc(-c2ccc(NS(C)(=O)=O)cc2)c1-c1cc2c(N)ncnc2s1. The van der Waals surface area contributed by atoms with Crippen molar-refractivity contribution in [3.05, 3.63) is 43.0 Å². The molecule has 0 amide bonds. The van der Waals surface area contributed by atoms with Crippen molar-refractivity contribution in [3.63, 3.8) is 0 Å². The minimum atomic E-state index is -3.31. The van der Waals surface area contributed by atoms with E-state index in [1.165, 1.54) is 17.7 Å². The highest BCUT2D eigenvalue weighted by Crippen LogP contribution is 2.38. The molecule has 0 radical (unpaired) electrons. The Hall–Kier alpha value is -2.98. The third-order valence-corrected chi connectivity index (χ3v) is 5.65. The summed E-state index contributed by atoms with van der Waals surface area (Å²) in [4.78, 5) is 14.6. The van der Waals surface area contributed by atoms with Crippen molar-refractivity contribution in [1.29, 1.82) is 0 Å². The van der Waals surface area contributed by atoms with E-state index in [1.54, 1.807) is 18.5 Å². The van der Waals surface area contributed by atoms with Crippen molar-refractivity contribution in [3.8, 4) is 21.8 Å². The number of aromatic nitrogens is 4. The number of imidazole rings is 1. The van der Waals surface area contributed by atoms with E-state index < -0.39 is 10.0 Å². The molecule has 1 aromatic carbocycles. The highest BCUT2D eigenvalue weighted by Gasteiger charge is 2.17. The van der Waals surface area contributed by atoms with Gasteiger partial charge in [-0.05, 0) is 18.2 Å². The lowest BCUT2D eigenvalue weighted by atomic mass is 10.1. The largest absolute Gasteiger partial charge is 0.383 e. The Morgan fingerprint density at radius 2 is 1.89 bits per heavy atom. The monoisotopic (exact) mass is 400 g/mol. The molecule has 0 spiro atoms. The molecular weight excluding hydrogens is 384 g/mol. The number of sulfonamides is 1. The van der Waals surface area contributed by atoms with Crippen LogP contribution in [0.5, 0.6) is 0 Å². The average molecular weight is 400 g/mol. The van der Waals surface area contributed by atoms with E-state index >= 15 is 0 Å². The second kappa shape index (κ2) is 6.32. The minimum absolute atomic E-state index is 0.447. The fourth-order valence-electron chi connectivity index (χ4n) is 2.83. The van der Waals surface area contributed by atoms with Crippen LogP contribution in [0.1, 0.15) is 0 Å². The number of rotatable bonds is 4. The smallest absolute Gasteiger partial charge is 0.229 e. The van der Waals surface area contributed by atoms with Crippen molar-refractivity contribution in [2.45, 2.75) is 0 Å². The Morgan fingerprint density at radius 3 is 2.56 bits per heavy atom. The number of nitrogens with zero attached hydrogens (tertiary/aromatic N) is 4. The number of aryl methyl sites for hydroxylation is 1. The minimum Gasteiger partial charge on any atom is -0.383 e. The van der Waals surface area contributed by atoms with Gasteiger partial charge in [0.25, 0.3) is 0 Å². The molecule has 10 heteroatoms. The van der Waals surface area contributed by atoms with E-state index in [2.05, 4.69) is 19.7 Å². The van der Waals surface area contributed by atoms with Gasteiger partial charge >= 0.3 is 0 Å². The van der Waals surface area contributed by atoms with E-state index in [-0.39, 0.29) is 0 Å². The first-order valence-corrected chi connectivity index (χ1v) is 10.6. The van der Waals surface area contributed by atoms with E-state index in [0.29, 0.717) is 11.5 Å². The number of anilines is 2. The quantitative estimate of drug-likeness (QED) is 0.544. The van der Waals surface area contributed by atoms with Gasteiger partial charge in [0, 0.05) is 18.3 Å². The lowest BCUT2D eigenvalue weighted by Crippen LogP contribution is -2.09. The number of nitrogen functional groups attached to an aromatic ring is 1. The third kappa shape index (κ3) is 3.36. The van der Waals surface area contributed by atoms with Crippen LogP contribution in [-0.2, 0) is 17.1 Å². The van der Waals surface area contributed by atoms with Crippen LogP contribution in [-0.4, -0.2) is 34.2 Å². The number of hydrogen-bond acceptors (Lipinski definition) is 7. The number of nitrogens with two attached hydrogens (primary N) is 1. The van der Waals surface area contributed by atoms with Crippen molar-refractivity contribution < 1.29 is 8.42 Å². The zero-order valence-corrected chi connectivity index (χ0v) is 16.2. The Balaban J connectivity index is 1.78. The molecule has 0 saturated heterocycles. The lowest BCUT2D eigenvalue weighted by Gasteiger charge is -2.06. The van der Waals surface area contributed by atoms with Crippen LogP contribution in [0.3, 0.4) is 0 Å². The maximum atomic E-state index is 11.4. The summed E-state index contributed by atoms with van der Waals surface area (Å²) in [7, 11) is -1.39. The van der Waals surface area contributed by atoms with Gasteiger partial charge in [0.2, 0.25) is 10.0 Å². The number of thiophene rings is 1. The van der Waals surface area contributed by atoms with Gasteiger partial charge in [-0.15, -0.1) is 11.3 Å². The molecule has 4 rings (SSSR count). The molecule has 0 saturated carbocycles. The molecule has 0 aliphatic rings. The summed E-state index contributed by atoms with van der Waals surface area (Å²) in [6, 6.07) is 9.06. The number of nitrogens with one attached hydrogen (secondary N) is 1. The van der Waals surface area contributed by atoms with Crippen LogP contribution in [0, 0.1) is 0 Å². The summed E-state index contributed by atoms with van der Waals surface area (Å²) in [5.74, 6) is 0.447. The molecule has 0 aliphatic heterocycles. The number of benzene rings is 1. The summed E-state index contributed by atoms with van der Waals surface area (Å²) in [5.41, 5.74) is 9.06. The van der Waals surface area contributed by atoms with Crippen molar-refractivity contribution in [2.24, 2.45) is 7.05 Å². The predicted molar refractivity (Wildman–Crippen MR) is 108 cm³/mol. The first-order valence-electron chi connectivity index (χ1n) is 7.92. The Labute approximate surface area is 159 Å². The van der Waals surface area contributed by atoms with Gasteiger partial charge in [0.1, 0.15) is 17.0 Å². The Morgan fingerprint density at radius 1 is 1.15 bits per heavy atom. The molecule has 3 N–H and O–H groups in total. The highest BCUT2D eigenvalue weighted by molar-refractivity contribution is 7.92. The molecule has 0 bridgehead atoms. The molecule has 27 heavy (non-hydrogen) atoms. The first-order chi connectivity index (χ1) is 12.8. The van der Waals surface area contributed by atoms with Crippen molar-refractivity contribution in [2.75, 3.05) is 16.7 Å². The maximum absolute atomic E-state index is 11.4. The van der Waals surface area contributed by atoms with Gasteiger partial charge < -0.3 is 10.3 Å². The average Bonchev–Trinajstić information content (AvgIpc) is 3.18.